The summed E-state index contributed by atoms with van der Waals surface area (Å²) in [6.45, 7) is 1.13. The molecule has 8 heteroatoms. The van der Waals surface area contributed by atoms with Crippen LogP contribution in [0, 0.1) is 6.92 Å². The van der Waals surface area contributed by atoms with Gasteiger partial charge in [-0.25, -0.2) is 4.98 Å². The quantitative estimate of drug-likeness (QED) is 0.719. The number of aromatic nitrogens is 4. The molecule has 0 aliphatic rings. The zero-order chi connectivity index (χ0) is 14.5. The Morgan fingerprint density at radius 2 is 1.95 bits per heavy atom. The lowest BCUT2D eigenvalue weighted by Gasteiger charge is -2.03. The highest BCUT2D eigenvalue weighted by Gasteiger charge is 2.36. The summed E-state index contributed by atoms with van der Waals surface area (Å²) in [5, 5.41) is 2.05. The Hall–Kier alpha value is -2.51. The Morgan fingerprint density at radius 1 is 1.25 bits per heavy atom. The van der Waals surface area contributed by atoms with Gasteiger partial charge in [0.1, 0.15) is 5.69 Å². The molecule has 2 aromatic heterocycles. The van der Waals surface area contributed by atoms with Crippen LogP contribution in [-0.2, 0) is 6.18 Å². The van der Waals surface area contributed by atoms with Crippen LogP contribution in [0.1, 0.15) is 11.3 Å². The average Bonchev–Trinajstić information content (AvgIpc) is 2.91. The van der Waals surface area contributed by atoms with Gasteiger partial charge in [0.2, 0.25) is 5.95 Å². The molecule has 104 valence electrons. The van der Waals surface area contributed by atoms with Crippen LogP contribution in [0.4, 0.5) is 13.2 Å². The van der Waals surface area contributed by atoms with Crippen molar-refractivity contribution in [2.75, 3.05) is 0 Å². The molecule has 0 saturated carbocycles. The van der Waals surface area contributed by atoms with Crippen LogP contribution in [0.15, 0.2) is 29.1 Å². The van der Waals surface area contributed by atoms with Crippen LogP contribution in [0.2, 0.25) is 0 Å². The first kappa shape index (κ1) is 12.5. The normalized spacial score (nSPS) is 12.2. The van der Waals surface area contributed by atoms with Crippen molar-refractivity contribution in [3.8, 4) is 5.95 Å². The molecular formula is C12H9F3N4O. The number of rotatable bonds is 1. The lowest BCUT2D eigenvalue weighted by Crippen LogP contribution is -2.17. The molecular weight excluding hydrogens is 273 g/mol. The lowest BCUT2D eigenvalue weighted by atomic mass is 10.3. The summed E-state index contributed by atoms with van der Waals surface area (Å²) in [7, 11) is 0. The van der Waals surface area contributed by atoms with Gasteiger partial charge in [0.25, 0.3) is 5.56 Å². The fourth-order valence-electron chi connectivity index (χ4n) is 1.99. The summed E-state index contributed by atoms with van der Waals surface area (Å²) in [5.41, 5.74) is -1.04. The van der Waals surface area contributed by atoms with Gasteiger partial charge in [0.05, 0.1) is 11.0 Å². The van der Waals surface area contributed by atoms with E-state index in [1.807, 2.05) is 0 Å². The van der Waals surface area contributed by atoms with E-state index in [2.05, 4.69) is 15.1 Å². The largest absolute Gasteiger partial charge is 0.433 e. The van der Waals surface area contributed by atoms with Crippen molar-refractivity contribution in [3.05, 3.63) is 45.9 Å². The highest BCUT2D eigenvalue weighted by molar-refractivity contribution is 5.75. The third kappa shape index (κ3) is 1.80. The van der Waals surface area contributed by atoms with Gasteiger partial charge >= 0.3 is 6.18 Å². The third-order valence-electron chi connectivity index (χ3n) is 2.99. The monoisotopic (exact) mass is 282 g/mol. The number of benzene rings is 1. The van der Waals surface area contributed by atoms with Gasteiger partial charge in [-0.2, -0.15) is 17.9 Å². The lowest BCUT2D eigenvalue weighted by molar-refractivity contribution is -0.141. The van der Waals surface area contributed by atoms with Crippen LogP contribution in [0.3, 0.4) is 0 Å². The zero-order valence-corrected chi connectivity index (χ0v) is 10.2. The van der Waals surface area contributed by atoms with E-state index < -0.39 is 23.0 Å². The second-order valence-electron chi connectivity index (χ2n) is 4.33. The second-order valence-corrected chi connectivity index (χ2v) is 4.33. The number of halogens is 3. The Morgan fingerprint density at radius 3 is 2.55 bits per heavy atom. The fourth-order valence-corrected chi connectivity index (χ4v) is 1.99. The smallest absolute Gasteiger partial charge is 0.322 e. The van der Waals surface area contributed by atoms with Crippen molar-refractivity contribution < 1.29 is 13.2 Å². The first-order valence-corrected chi connectivity index (χ1v) is 5.72. The molecule has 20 heavy (non-hydrogen) atoms. The number of fused-ring (bicyclic) bond motifs is 1. The summed E-state index contributed by atoms with van der Waals surface area (Å²) >= 11 is 0. The summed E-state index contributed by atoms with van der Waals surface area (Å²) in [5.74, 6) is 0.0230. The van der Waals surface area contributed by atoms with Gasteiger partial charge in [0.15, 0.2) is 0 Å². The number of alkyl halides is 3. The van der Waals surface area contributed by atoms with E-state index in [-0.39, 0.29) is 5.95 Å². The summed E-state index contributed by atoms with van der Waals surface area (Å²) in [4.78, 5) is 18.8. The molecule has 0 bridgehead atoms. The highest BCUT2D eigenvalue weighted by atomic mass is 19.4. The molecule has 3 aromatic rings. The van der Waals surface area contributed by atoms with Gasteiger partial charge in [-0.1, -0.05) is 12.1 Å². The van der Waals surface area contributed by atoms with Gasteiger partial charge in [-0.05, 0) is 19.1 Å². The van der Waals surface area contributed by atoms with E-state index in [1.54, 1.807) is 24.3 Å². The molecule has 0 amide bonds. The minimum Gasteiger partial charge on any atom is -0.322 e. The summed E-state index contributed by atoms with van der Waals surface area (Å²) in [6.07, 6.45) is -4.61. The van der Waals surface area contributed by atoms with Crippen molar-refractivity contribution in [2.45, 2.75) is 13.1 Å². The maximum atomic E-state index is 12.7. The number of nitrogens with zero attached hydrogens (tertiary/aromatic N) is 2. The van der Waals surface area contributed by atoms with E-state index in [0.717, 1.165) is 11.6 Å². The van der Waals surface area contributed by atoms with E-state index in [0.29, 0.717) is 11.0 Å². The Labute approximate surface area is 110 Å². The zero-order valence-electron chi connectivity index (χ0n) is 10.2. The van der Waals surface area contributed by atoms with Gasteiger partial charge in [0, 0.05) is 5.56 Å². The summed E-state index contributed by atoms with van der Waals surface area (Å²) in [6, 6.07) is 6.92. The minimum atomic E-state index is -4.61. The van der Waals surface area contributed by atoms with Crippen molar-refractivity contribution in [3.63, 3.8) is 0 Å². The molecule has 0 unspecified atom stereocenters. The molecule has 0 saturated heterocycles. The number of hydrogen-bond donors (Lipinski definition) is 2. The van der Waals surface area contributed by atoms with Crippen molar-refractivity contribution in [1.29, 1.82) is 0 Å². The maximum Gasteiger partial charge on any atom is 0.433 e. The molecule has 1 aromatic carbocycles. The molecule has 2 N–H and O–H groups in total. The predicted octanol–water partition coefficient (Wildman–Crippen LogP) is 2.37. The third-order valence-corrected chi connectivity index (χ3v) is 2.99. The number of hydrogen-bond acceptors (Lipinski definition) is 2. The van der Waals surface area contributed by atoms with Crippen LogP contribution < -0.4 is 5.56 Å². The second kappa shape index (κ2) is 3.99. The minimum absolute atomic E-state index is 0.0230. The van der Waals surface area contributed by atoms with E-state index in [9.17, 15) is 18.0 Å². The molecule has 0 aliphatic carbocycles. The number of H-pyrrole nitrogens is 2. The van der Waals surface area contributed by atoms with Crippen LogP contribution >= 0.6 is 0 Å². The highest BCUT2D eigenvalue weighted by Crippen LogP contribution is 2.29. The topological polar surface area (TPSA) is 66.5 Å². The van der Waals surface area contributed by atoms with E-state index in [4.69, 9.17) is 0 Å². The SMILES string of the molecule is Cc1c(C(F)(F)F)[nH]n(-c2nc3ccccc3[nH]2)c1=O. The van der Waals surface area contributed by atoms with Crippen LogP contribution in [0.5, 0.6) is 0 Å². The number of imidazole rings is 1. The predicted molar refractivity (Wildman–Crippen MR) is 65.8 cm³/mol. The molecule has 5 nitrogen and oxygen atoms in total. The first-order chi connectivity index (χ1) is 9.38. The summed E-state index contributed by atoms with van der Waals surface area (Å²) < 4.78 is 39.0. The van der Waals surface area contributed by atoms with E-state index in [1.165, 1.54) is 0 Å². The Balaban J connectivity index is 2.22. The molecule has 0 fully saturated rings. The first-order valence-electron chi connectivity index (χ1n) is 5.72. The number of aromatic amines is 2. The molecule has 0 atom stereocenters. The molecule has 2 heterocycles. The van der Waals surface area contributed by atoms with Crippen LogP contribution in [-0.4, -0.2) is 19.7 Å². The van der Waals surface area contributed by atoms with Crippen molar-refractivity contribution >= 4 is 11.0 Å². The van der Waals surface area contributed by atoms with E-state index >= 15 is 0 Å². The standard InChI is InChI=1S/C12H9F3N4O/c1-6-9(12(13,14)15)18-19(10(6)20)11-16-7-4-2-3-5-8(7)17-11/h2-5,18H,1H3,(H,16,17). The van der Waals surface area contributed by atoms with Crippen molar-refractivity contribution in [1.82, 2.24) is 19.7 Å². The Kier molecular flexibility index (Phi) is 2.50. The number of para-hydroxylation sites is 2. The molecule has 0 radical (unpaired) electrons. The molecule has 3 rings (SSSR count). The molecule has 0 aliphatic heterocycles. The Bertz CT molecular complexity index is 807. The van der Waals surface area contributed by atoms with Gasteiger partial charge in [-0.15, -0.1) is 0 Å². The average molecular weight is 282 g/mol. The number of nitrogens with one attached hydrogen (secondary N) is 2. The van der Waals surface area contributed by atoms with Gasteiger partial charge < -0.3 is 4.98 Å². The van der Waals surface area contributed by atoms with Crippen LogP contribution in [0.25, 0.3) is 17.0 Å². The van der Waals surface area contributed by atoms with Gasteiger partial charge in [-0.3, -0.25) is 9.89 Å². The fraction of sp³-hybridized carbons (Fsp3) is 0.167. The maximum absolute atomic E-state index is 12.7. The van der Waals surface area contributed by atoms with Crippen molar-refractivity contribution in [2.24, 2.45) is 0 Å². The molecule has 0 spiro atoms.